The lowest BCUT2D eigenvalue weighted by Gasteiger charge is -2.19. The zero-order valence-corrected chi connectivity index (χ0v) is 7.54. The molecule has 1 unspecified atom stereocenters. The highest BCUT2D eigenvalue weighted by atomic mass is 35.5. The lowest BCUT2D eigenvalue weighted by atomic mass is 10.2. The van der Waals surface area contributed by atoms with E-state index < -0.39 is 0 Å². The Morgan fingerprint density at radius 2 is 2.20 bits per heavy atom. The maximum absolute atomic E-state index is 5.79. The molecule has 0 aliphatic heterocycles. The maximum atomic E-state index is 5.79. The zero-order chi connectivity index (χ0) is 7.61. The van der Waals surface area contributed by atoms with Crippen molar-refractivity contribution in [1.29, 1.82) is 0 Å². The first-order valence-electron chi connectivity index (χ1n) is 4.06. The van der Waals surface area contributed by atoms with E-state index in [4.69, 9.17) is 11.6 Å². The molecule has 1 aliphatic carbocycles. The van der Waals surface area contributed by atoms with E-state index in [1.165, 1.54) is 19.3 Å². The van der Waals surface area contributed by atoms with Crippen LogP contribution in [0.3, 0.4) is 0 Å². The van der Waals surface area contributed by atoms with Gasteiger partial charge in [0.25, 0.3) is 0 Å². The second-order valence-corrected chi connectivity index (χ2v) is 3.63. The number of rotatable bonds is 4. The predicted molar refractivity (Wildman–Crippen MR) is 45.6 cm³/mol. The molecule has 1 rings (SSSR count). The van der Waals surface area contributed by atoms with Crippen LogP contribution in [0.4, 0.5) is 0 Å². The average Bonchev–Trinajstić information content (AvgIpc) is 2.70. The largest absolute Gasteiger partial charge is 0.308 e. The molecule has 0 aromatic rings. The second-order valence-electron chi connectivity index (χ2n) is 3.37. The first-order chi connectivity index (χ1) is 4.72. The Hall–Kier alpha value is 0.250. The summed E-state index contributed by atoms with van der Waals surface area (Å²) in [6, 6.07) is 0.626. The molecule has 2 heteroatoms. The molecule has 0 heterocycles. The van der Waals surface area contributed by atoms with Gasteiger partial charge in [0.2, 0.25) is 0 Å². The molecule has 1 fully saturated rings. The molecule has 60 valence electrons. The standard InChI is InChI=1S/C8H16ClN/c1-3-7(2)10-8(6-9)4-5-8/h7,10H,3-6H2,1-2H3. The van der Waals surface area contributed by atoms with Gasteiger partial charge in [-0.1, -0.05) is 6.92 Å². The Bertz CT molecular complexity index is 110. The molecule has 0 aromatic heterocycles. The summed E-state index contributed by atoms with van der Waals surface area (Å²) in [5, 5.41) is 3.53. The van der Waals surface area contributed by atoms with Crippen LogP contribution in [-0.2, 0) is 0 Å². The van der Waals surface area contributed by atoms with Crippen LogP contribution in [-0.4, -0.2) is 17.5 Å². The maximum Gasteiger partial charge on any atom is 0.0406 e. The van der Waals surface area contributed by atoms with E-state index in [9.17, 15) is 0 Å². The van der Waals surface area contributed by atoms with Gasteiger partial charge < -0.3 is 5.32 Å². The van der Waals surface area contributed by atoms with Crippen molar-refractivity contribution in [2.75, 3.05) is 5.88 Å². The van der Waals surface area contributed by atoms with Gasteiger partial charge in [0.05, 0.1) is 0 Å². The minimum Gasteiger partial charge on any atom is -0.308 e. The molecule has 0 aromatic carbocycles. The number of nitrogens with one attached hydrogen (secondary N) is 1. The van der Waals surface area contributed by atoms with Gasteiger partial charge in [0, 0.05) is 17.5 Å². The van der Waals surface area contributed by atoms with E-state index in [1.54, 1.807) is 0 Å². The third kappa shape index (κ3) is 1.86. The van der Waals surface area contributed by atoms with E-state index in [0.29, 0.717) is 11.6 Å². The fraction of sp³-hybridized carbons (Fsp3) is 1.00. The molecule has 1 nitrogen and oxygen atoms in total. The molecule has 10 heavy (non-hydrogen) atoms. The Morgan fingerprint density at radius 3 is 2.50 bits per heavy atom. The molecule has 0 amide bonds. The highest BCUT2D eigenvalue weighted by Crippen LogP contribution is 2.36. The number of hydrogen-bond acceptors (Lipinski definition) is 1. The van der Waals surface area contributed by atoms with Gasteiger partial charge in [-0.25, -0.2) is 0 Å². The van der Waals surface area contributed by atoms with Crippen LogP contribution >= 0.6 is 11.6 Å². The molecule has 1 aliphatic rings. The Kier molecular flexibility index (Phi) is 2.59. The minimum absolute atomic E-state index is 0.330. The lowest BCUT2D eigenvalue weighted by molar-refractivity contribution is 0.449. The third-order valence-corrected chi connectivity index (χ3v) is 2.79. The monoisotopic (exact) mass is 161 g/mol. The van der Waals surface area contributed by atoms with Gasteiger partial charge in [-0.3, -0.25) is 0 Å². The molecule has 1 N–H and O–H groups in total. The summed E-state index contributed by atoms with van der Waals surface area (Å²) in [7, 11) is 0. The SMILES string of the molecule is CCC(C)NC1(CCl)CC1. The Morgan fingerprint density at radius 1 is 1.60 bits per heavy atom. The van der Waals surface area contributed by atoms with Crippen LogP contribution in [0.15, 0.2) is 0 Å². The molecular formula is C8H16ClN. The van der Waals surface area contributed by atoms with Crippen LogP contribution in [0.5, 0.6) is 0 Å². The fourth-order valence-electron chi connectivity index (χ4n) is 1.09. The average molecular weight is 162 g/mol. The second kappa shape index (κ2) is 3.10. The molecular weight excluding hydrogens is 146 g/mol. The van der Waals surface area contributed by atoms with E-state index in [0.717, 1.165) is 5.88 Å². The highest BCUT2D eigenvalue weighted by Gasteiger charge is 2.41. The fourth-order valence-corrected chi connectivity index (χ4v) is 1.44. The van der Waals surface area contributed by atoms with Crippen molar-refractivity contribution in [2.45, 2.75) is 44.7 Å². The van der Waals surface area contributed by atoms with Crippen molar-refractivity contribution in [3.05, 3.63) is 0 Å². The van der Waals surface area contributed by atoms with Crippen molar-refractivity contribution in [3.63, 3.8) is 0 Å². The summed E-state index contributed by atoms with van der Waals surface area (Å²) in [6.07, 6.45) is 3.72. The first kappa shape index (κ1) is 8.35. The predicted octanol–water partition coefficient (Wildman–Crippen LogP) is 2.15. The molecule has 1 atom stereocenters. The summed E-state index contributed by atoms with van der Waals surface area (Å²) in [5.41, 5.74) is 0.330. The molecule has 1 saturated carbocycles. The van der Waals surface area contributed by atoms with Gasteiger partial charge in [0.15, 0.2) is 0 Å². The minimum atomic E-state index is 0.330. The Balaban J connectivity index is 2.23. The van der Waals surface area contributed by atoms with Crippen LogP contribution in [0.2, 0.25) is 0 Å². The van der Waals surface area contributed by atoms with Gasteiger partial charge in [-0.05, 0) is 26.2 Å². The molecule has 0 bridgehead atoms. The van der Waals surface area contributed by atoms with E-state index in [1.807, 2.05) is 0 Å². The van der Waals surface area contributed by atoms with E-state index >= 15 is 0 Å². The number of alkyl halides is 1. The van der Waals surface area contributed by atoms with Gasteiger partial charge in [-0.15, -0.1) is 11.6 Å². The molecule has 0 spiro atoms. The van der Waals surface area contributed by atoms with Crippen LogP contribution in [0.1, 0.15) is 33.1 Å². The van der Waals surface area contributed by atoms with E-state index in [-0.39, 0.29) is 0 Å². The summed E-state index contributed by atoms with van der Waals surface area (Å²) in [5.74, 6) is 0.775. The van der Waals surface area contributed by atoms with Crippen LogP contribution in [0.25, 0.3) is 0 Å². The van der Waals surface area contributed by atoms with Gasteiger partial charge >= 0.3 is 0 Å². The van der Waals surface area contributed by atoms with Gasteiger partial charge in [-0.2, -0.15) is 0 Å². The van der Waals surface area contributed by atoms with Crippen LogP contribution in [0, 0.1) is 0 Å². The summed E-state index contributed by atoms with van der Waals surface area (Å²) in [6.45, 7) is 4.41. The summed E-state index contributed by atoms with van der Waals surface area (Å²) >= 11 is 5.79. The topological polar surface area (TPSA) is 12.0 Å². The van der Waals surface area contributed by atoms with Crippen molar-refractivity contribution < 1.29 is 0 Å². The molecule has 0 saturated heterocycles. The summed E-state index contributed by atoms with van der Waals surface area (Å²) < 4.78 is 0. The normalized spacial score (nSPS) is 24.3. The van der Waals surface area contributed by atoms with Crippen molar-refractivity contribution in [1.82, 2.24) is 5.32 Å². The summed E-state index contributed by atoms with van der Waals surface area (Å²) in [4.78, 5) is 0. The van der Waals surface area contributed by atoms with E-state index in [2.05, 4.69) is 19.2 Å². The van der Waals surface area contributed by atoms with Crippen LogP contribution < -0.4 is 5.32 Å². The van der Waals surface area contributed by atoms with Crippen molar-refractivity contribution in [3.8, 4) is 0 Å². The smallest absolute Gasteiger partial charge is 0.0406 e. The van der Waals surface area contributed by atoms with Crippen molar-refractivity contribution >= 4 is 11.6 Å². The zero-order valence-electron chi connectivity index (χ0n) is 6.78. The van der Waals surface area contributed by atoms with Crippen molar-refractivity contribution in [2.24, 2.45) is 0 Å². The third-order valence-electron chi connectivity index (χ3n) is 2.27. The van der Waals surface area contributed by atoms with Gasteiger partial charge in [0.1, 0.15) is 0 Å². The molecule has 0 radical (unpaired) electrons. The Labute approximate surface area is 68.1 Å². The highest BCUT2D eigenvalue weighted by molar-refractivity contribution is 6.18. The quantitative estimate of drug-likeness (QED) is 0.624. The first-order valence-corrected chi connectivity index (χ1v) is 4.59. The number of hydrogen-bond donors (Lipinski definition) is 1. The number of halogens is 1. The lowest BCUT2D eigenvalue weighted by Crippen LogP contribution is -2.39.